The number of unbranched alkanes of at least 4 members (excludes halogenated alkanes) is 1. The molecule has 0 spiro atoms. The quantitative estimate of drug-likeness (QED) is 0.672. The Balaban J connectivity index is 2.04. The van der Waals surface area contributed by atoms with Gasteiger partial charge in [-0.15, -0.1) is 0 Å². The first-order valence-electron chi connectivity index (χ1n) is 6.69. The predicted molar refractivity (Wildman–Crippen MR) is 72.5 cm³/mol. The van der Waals surface area contributed by atoms with Crippen molar-refractivity contribution in [3.63, 3.8) is 0 Å². The Bertz CT molecular complexity index is 327. The van der Waals surface area contributed by atoms with Gasteiger partial charge in [0, 0.05) is 6.61 Å². The zero-order valence-electron chi connectivity index (χ0n) is 11.4. The van der Waals surface area contributed by atoms with Crippen molar-refractivity contribution in [2.75, 3.05) is 13.2 Å². The number of carbonyl (C=O) groups is 1. The number of rotatable bonds is 8. The summed E-state index contributed by atoms with van der Waals surface area (Å²) in [6.07, 6.45) is 11.3. The molecule has 0 aromatic heterocycles. The molecule has 1 N–H and O–H groups in total. The van der Waals surface area contributed by atoms with Gasteiger partial charge >= 0.3 is 5.97 Å². The molecule has 3 heteroatoms. The lowest BCUT2D eigenvalue weighted by Crippen LogP contribution is -2.23. The fraction of sp³-hybridized carbons (Fsp3) is 0.667. The molecule has 0 bridgehead atoms. The van der Waals surface area contributed by atoms with Gasteiger partial charge in [-0.1, -0.05) is 24.6 Å². The standard InChI is InChI=1S/C15H24O3/c1-15(2,14(16)17)10-6-7-11-18-12-13-8-4-3-5-9-13/h4,8-9H,3,5-7,10-12H2,1-2H3,(H,16,17). The van der Waals surface area contributed by atoms with Crippen molar-refractivity contribution in [1.29, 1.82) is 0 Å². The van der Waals surface area contributed by atoms with Crippen LogP contribution in [0.25, 0.3) is 0 Å². The van der Waals surface area contributed by atoms with Crippen molar-refractivity contribution < 1.29 is 14.6 Å². The Morgan fingerprint density at radius 2 is 2.17 bits per heavy atom. The minimum atomic E-state index is -0.721. The van der Waals surface area contributed by atoms with Gasteiger partial charge in [0.25, 0.3) is 0 Å². The van der Waals surface area contributed by atoms with Crippen LogP contribution in [0.4, 0.5) is 0 Å². The molecule has 0 saturated heterocycles. The van der Waals surface area contributed by atoms with Gasteiger partial charge in [-0.3, -0.25) is 4.79 Å². The van der Waals surface area contributed by atoms with E-state index in [0.29, 0.717) is 19.6 Å². The highest BCUT2D eigenvalue weighted by Gasteiger charge is 2.25. The van der Waals surface area contributed by atoms with Gasteiger partial charge in [-0.05, 0) is 45.1 Å². The molecule has 3 nitrogen and oxygen atoms in total. The van der Waals surface area contributed by atoms with E-state index in [1.54, 1.807) is 13.8 Å². The second-order valence-electron chi connectivity index (χ2n) is 5.46. The summed E-state index contributed by atoms with van der Waals surface area (Å²) in [6.45, 7) is 4.93. The molecule has 18 heavy (non-hydrogen) atoms. The summed E-state index contributed by atoms with van der Waals surface area (Å²) < 4.78 is 5.58. The summed E-state index contributed by atoms with van der Waals surface area (Å²) in [5.41, 5.74) is 0.640. The van der Waals surface area contributed by atoms with E-state index in [1.165, 1.54) is 5.57 Å². The summed E-state index contributed by atoms with van der Waals surface area (Å²) in [4.78, 5) is 10.9. The molecular formula is C15H24O3. The maximum absolute atomic E-state index is 10.9. The molecule has 0 saturated carbocycles. The molecule has 0 amide bonds. The maximum atomic E-state index is 10.9. The second kappa shape index (κ2) is 7.37. The predicted octanol–water partition coefficient (Wildman–Crippen LogP) is 3.56. The van der Waals surface area contributed by atoms with Crippen molar-refractivity contribution in [2.24, 2.45) is 5.41 Å². The normalized spacial score (nSPS) is 15.6. The third-order valence-corrected chi connectivity index (χ3v) is 3.26. The SMILES string of the molecule is CC(C)(CCCCOCC1=CCCC=C1)C(=O)O. The van der Waals surface area contributed by atoms with E-state index >= 15 is 0 Å². The number of aliphatic carboxylic acids is 1. The number of carboxylic acids is 1. The van der Waals surface area contributed by atoms with Gasteiger partial charge in [-0.2, -0.15) is 0 Å². The molecular weight excluding hydrogens is 228 g/mol. The van der Waals surface area contributed by atoms with Gasteiger partial charge in [0.1, 0.15) is 0 Å². The molecule has 0 aliphatic heterocycles. The molecule has 0 fully saturated rings. The molecule has 0 unspecified atom stereocenters. The van der Waals surface area contributed by atoms with Crippen LogP contribution < -0.4 is 0 Å². The average molecular weight is 252 g/mol. The zero-order chi connectivity index (χ0) is 13.4. The van der Waals surface area contributed by atoms with Gasteiger partial charge in [-0.25, -0.2) is 0 Å². The first kappa shape index (κ1) is 15.0. The first-order valence-corrected chi connectivity index (χ1v) is 6.69. The summed E-state index contributed by atoms with van der Waals surface area (Å²) in [7, 11) is 0. The Labute approximate surface area is 110 Å². The van der Waals surface area contributed by atoms with E-state index in [0.717, 1.165) is 25.7 Å². The number of hydrogen-bond donors (Lipinski definition) is 1. The van der Waals surface area contributed by atoms with Gasteiger partial charge < -0.3 is 9.84 Å². The van der Waals surface area contributed by atoms with Gasteiger partial charge in [0.05, 0.1) is 12.0 Å². The number of allylic oxidation sites excluding steroid dienone is 2. The van der Waals surface area contributed by atoms with E-state index < -0.39 is 11.4 Å². The smallest absolute Gasteiger partial charge is 0.309 e. The highest BCUT2D eigenvalue weighted by Crippen LogP contribution is 2.23. The Kier molecular flexibility index (Phi) is 6.13. The molecule has 0 radical (unpaired) electrons. The molecule has 1 aliphatic rings. The highest BCUT2D eigenvalue weighted by molar-refractivity contribution is 5.73. The van der Waals surface area contributed by atoms with Crippen LogP contribution in [0.2, 0.25) is 0 Å². The van der Waals surface area contributed by atoms with E-state index in [-0.39, 0.29) is 0 Å². The molecule has 0 aromatic rings. The lowest BCUT2D eigenvalue weighted by atomic mass is 9.87. The van der Waals surface area contributed by atoms with Crippen molar-refractivity contribution in [3.8, 4) is 0 Å². The van der Waals surface area contributed by atoms with Crippen LogP contribution in [0.15, 0.2) is 23.8 Å². The monoisotopic (exact) mass is 252 g/mol. The number of hydrogen-bond acceptors (Lipinski definition) is 2. The maximum Gasteiger partial charge on any atom is 0.309 e. The topological polar surface area (TPSA) is 46.5 Å². The highest BCUT2D eigenvalue weighted by atomic mass is 16.5. The average Bonchev–Trinajstić information content (AvgIpc) is 2.34. The summed E-state index contributed by atoms with van der Waals surface area (Å²) in [5, 5.41) is 8.97. The van der Waals surface area contributed by atoms with Crippen molar-refractivity contribution in [1.82, 2.24) is 0 Å². The van der Waals surface area contributed by atoms with Crippen LogP contribution >= 0.6 is 0 Å². The minimum Gasteiger partial charge on any atom is -0.481 e. The summed E-state index contributed by atoms with van der Waals surface area (Å²) in [6, 6.07) is 0. The first-order chi connectivity index (χ1) is 8.52. The number of carboxylic acid groups (broad SMARTS) is 1. The van der Waals surface area contributed by atoms with E-state index in [2.05, 4.69) is 18.2 Å². The van der Waals surface area contributed by atoms with Crippen LogP contribution in [0, 0.1) is 5.41 Å². The van der Waals surface area contributed by atoms with Crippen LogP contribution in [-0.4, -0.2) is 24.3 Å². The van der Waals surface area contributed by atoms with E-state index in [4.69, 9.17) is 9.84 Å². The molecule has 1 aliphatic carbocycles. The van der Waals surface area contributed by atoms with Crippen LogP contribution in [-0.2, 0) is 9.53 Å². The molecule has 102 valence electrons. The molecule has 0 aromatic carbocycles. The van der Waals surface area contributed by atoms with Crippen molar-refractivity contribution in [3.05, 3.63) is 23.8 Å². The number of ether oxygens (including phenoxy) is 1. The fourth-order valence-electron chi connectivity index (χ4n) is 1.84. The summed E-state index contributed by atoms with van der Waals surface area (Å²) in [5.74, 6) is -0.721. The van der Waals surface area contributed by atoms with E-state index in [1.807, 2.05) is 0 Å². The minimum absolute atomic E-state index is 0.616. The van der Waals surface area contributed by atoms with E-state index in [9.17, 15) is 4.79 Å². The van der Waals surface area contributed by atoms with Crippen LogP contribution in [0.3, 0.4) is 0 Å². The molecule has 1 rings (SSSR count). The second-order valence-corrected chi connectivity index (χ2v) is 5.46. The fourth-order valence-corrected chi connectivity index (χ4v) is 1.84. The zero-order valence-corrected chi connectivity index (χ0v) is 11.4. The Morgan fingerprint density at radius 1 is 1.39 bits per heavy atom. The van der Waals surface area contributed by atoms with Crippen molar-refractivity contribution in [2.45, 2.75) is 46.0 Å². The Morgan fingerprint density at radius 3 is 2.78 bits per heavy atom. The third-order valence-electron chi connectivity index (χ3n) is 3.26. The third kappa shape index (κ3) is 5.50. The molecule has 0 atom stereocenters. The van der Waals surface area contributed by atoms with Gasteiger partial charge in [0.2, 0.25) is 0 Å². The summed E-state index contributed by atoms with van der Waals surface area (Å²) >= 11 is 0. The van der Waals surface area contributed by atoms with Crippen LogP contribution in [0.5, 0.6) is 0 Å². The lowest BCUT2D eigenvalue weighted by molar-refractivity contribution is -0.147. The molecule has 0 heterocycles. The Hall–Kier alpha value is -1.09. The van der Waals surface area contributed by atoms with Crippen molar-refractivity contribution >= 4 is 5.97 Å². The largest absolute Gasteiger partial charge is 0.481 e. The van der Waals surface area contributed by atoms with Crippen LogP contribution in [0.1, 0.15) is 46.0 Å². The van der Waals surface area contributed by atoms with Gasteiger partial charge in [0.15, 0.2) is 0 Å². The lowest BCUT2D eigenvalue weighted by Gasteiger charge is -2.18.